The van der Waals surface area contributed by atoms with Gasteiger partial charge in [0.2, 0.25) is 5.91 Å². The van der Waals surface area contributed by atoms with Crippen molar-refractivity contribution in [2.24, 2.45) is 11.7 Å². The SMILES string of the molecule is NCc1cn(C[C@H]2CCCN(C(=O)C/C=C/c3ccccc3)C2)nn1. The number of carbonyl (C=O) groups is 1. The van der Waals surface area contributed by atoms with E-state index in [2.05, 4.69) is 10.3 Å². The molecule has 3 rings (SSSR count). The highest BCUT2D eigenvalue weighted by Crippen LogP contribution is 2.19. The molecule has 1 amide bonds. The molecule has 0 spiro atoms. The normalized spacial score (nSPS) is 18.0. The fourth-order valence-corrected chi connectivity index (χ4v) is 3.22. The maximum Gasteiger partial charge on any atom is 0.226 e. The average Bonchev–Trinajstić information content (AvgIpc) is 3.10. The van der Waals surface area contributed by atoms with E-state index >= 15 is 0 Å². The summed E-state index contributed by atoms with van der Waals surface area (Å²) in [5, 5.41) is 8.13. The zero-order valence-electron chi connectivity index (χ0n) is 14.4. The number of hydrogen-bond donors (Lipinski definition) is 1. The van der Waals surface area contributed by atoms with Gasteiger partial charge < -0.3 is 10.6 Å². The number of nitrogens with zero attached hydrogens (tertiary/aromatic N) is 4. The van der Waals surface area contributed by atoms with Crippen molar-refractivity contribution in [3.63, 3.8) is 0 Å². The van der Waals surface area contributed by atoms with Crippen molar-refractivity contribution in [3.8, 4) is 0 Å². The molecule has 0 radical (unpaired) electrons. The predicted octanol–water partition coefficient (Wildman–Crippen LogP) is 2.08. The summed E-state index contributed by atoms with van der Waals surface area (Å²) in [6.07, 6.45) is 8.44. The third kappa shape index (κ3) is 5.00. The third-order valence-corrected chi connectivity index (χ3v) is 4.51. The number of hydrogen-bond acceptors (Lipinski definition) is 4. The van der Waals surface area contributed by atoms with Crippen molar-refractivity contribution in [3.05, 3.63) is 53.9 Å². The summed E-state index contributed by atoms with van der Waals surface area (Å²) in [6, 6.07) is 10.0. The lowest BCUT2D eigenvalue weighted by Gasteiger charge is -2.32. The van der Waals surface area contributed by atoms with Crippen LogP contribution in [0.5, 0.6) is 0 Å². The Morgan fingerprint density at radius 2 is 2.16 bits per heavy atom. The van der Waals surface area contributed by atoms with Crippen molar-refractivity contribution in [1.82, 2.24) is 19.9 Å². The van der Waals surface area contributed by atoms with Gasteiger partial charge in [-0.2, -0.15) is 0 Å². The second kappa shape index (κ2) is 8.58. The molecule has 2 aromatic rings. The first-order valence-corrected chi connectivity index (χ1v) is 8.83. The largest absolute Gasteiger partial charge is 0.342 e. The van der Waals surface area contributed by atoms with Crippen molar-refractivity contribution in [1.29, 1.82) is 0 Å². The van der Waals surface area contributed by atoms with Gasteiger partial charge in [0, 0.05) is 38.8 Å². The van der Waals surface area contributed by atoms with Gasteiger partial charge in [0.1, 0.15) is 0 Å². The Morgan fingerprint density at radius 1 is 1.32 bits per heavy atom. The Labute approximate surface area is 148 Å². The van der Waals surface area contributed by atoms with E-state index < -0.39 is 0 Å². The van der Waals surface area contributed by atoms with Crippen molar-refractivity contribution in [2.45, 2.75) is 32.4 Å². The number of nitrogens with two attached hydrogens (primary N) is 1. The van der Waals surface area contributed by atoms with Gasteiger partial charge in [0.15, 0.2) is 0 Å². The van der Waals surface area contributed by atoms with Crippen LogP contribution in [0.4, 0.5) is 0 Å². The minimum absolute atomic E-state index is 0.193. The smallest absolute Gasteiger partial charge is 0.226 e. The van der Waals surface area contributed by atoms with Crippen molar-refractivity contribution >= 4 is 12.0 Å². The van der Waals surface area contributed by atoms with Gasteiger partial charge in [0.05, 0.1) is 5.69 Å². The van der Waals surface area contributed by atoms with Gasteiger partial charge in [0.25, 0.3) is 0 Å². The zero-order chi connectivity index (χ0) is 17.5. The number of rotatable bonds is 6. The molecule has 2 heterocycles. The number of likely N-dealkylation sites (tertiary alicyclic amines) is 1. The molecule has 1 aromatic carbocycles. The summed E-state index contributed by atoms with van der Waals surface area (Å²) in [5.74, 6) is 0.612. The lowest BCUT2D eigenvalue weighted by Crippen LogP contribution is -2.40. The van der Waals surface area contributed by atoms with Crippen LogP contribution in [0, 0.1) is 5.92 Å². The maximum absolute atomic E-state index is 12.5. The lowest BCUT2D eigenvalue weighted by molar-refractivity contribution is -0.132. The summed E-state index contributed by atoms with van der Waals surface area (Å²) in [4.78, 5) is 14.4. The van der Waals surface area contributed by atoms with Gasteiger partial charge in [-0.1, -0.05) is 47.7 Å². The summed E-state index contributed by atoms with van der Waals surface area (Å²) >= 11 is 0. The molecule has 0 aliphatic carbocycles. The summed E-state index contributed by atoms with van der Waals surface area (Å²) in [5.41, 5.74) is 7.49. The highest BCUT2D eigenvalue weighted by Gasteiger charge is 2.23. The first-order chi connectivity index (χ1) is 12.2. The number of amides is 1. The van der Waals surface area contributed by atoms with E-state index in [1.165, 1.54) is 0 Å². The second-order valence-corrected chi connectivity index (χ2v) is 6.50. The first kappa shape index (κ1) is 17.4. The lowest BCUT2D eigenvalue weighted by atomic mass is 9.97. The third-order valence-electron chi connectivity index (χ3n) is 4.51. The van der Waals surface area contributed by atoms with Crippen LogP contribution >= 0.6 is 0 Å². The number of piperidine rings is 1. The molecule has 25 heavy (non-hydrogen) atoms. The zero-order valence-corrected chi connectivity index (χ0v) is 14.4. The fourth-order valence-electron chi connectivity index (χ4n) is 3.22. The predicted molar refractivity (Wildman–Crippen MR) is 97.3 cm³/mol. The highest BCUT2D eigenvalue weighted by molar-refractivity contribution is 5.78. The van der Waals surface area contributed by atoms with Gasteiger partial charge in [-0.3, -0.25) is 9.48 Å². The van der Waals surface area contributed by atoms with Gasteiger partial charge in [-0.25, -0.2) is 0 Å². The summed E-state index contributed by atoms with van der Waals surface area (Å²) in [6.45, 7) is 2.83. The molecule has 0 bridgehead atoms. The molecule has 6 nitrogen and oxygen atoms in total. The van der Waals surface area contributed by atoms with Gasteiger partial charge in [-0.15, -0.1) is 5.10 Å². The van der Waals surface area contributed by atoms with E-state index in [-0.39, 0.29) is 5.91 Å². The van der Waals surface area contributed by atoms with Crippen LogP contribution in [-0.2, 0) is 17.9 Å². The molecule has 6 heteroatoms. The molecule has 2 N–H and O–H groups in total. The molecule has 0 saturated carbocycles. The Bertz CT molecular complexity index is 710. The molecular formula is C19H25N5O. The van der Waals surface area contributed by atoms with Gasteiger partial charge in [-0.05, 0) is 24.3 Å². The minimum atomic E-state index is 0.193. The standard InChI is InChI=1S/C19H25N5O/c20-12-18-15-24(22-21-18)14-17-9-5-11-23(13-17)19(25)10-4-8-16-6-2-1-3-7-16/h1-4,6-8,15,17H,5,9-14,20H2/b8-4+/t17-/m0/s1. The molecule has 1 fully saturated rings. The summed E-state index contributed by atoms with van der Waals surface area (Å²) in [7, 11) is 0. The molecule has 1 saturated heterocycles. The summed E-state index contributed by atoms with van der Waals surface area (Å²) < 4.78 is 1.84. The van der Waals surface area contributed by atoms with E-state index in [0.29, 0.717) is 18.9 Å². The minimum Gasteiger partial charge on any atom is -0.342 e. The maximum atomic E-state index is 12.5. The van der Waals surface area contributed by atoms with Crippen LogP contribution in [0.25, 0.3) is 6.08 Å². The van der Waals surface area contributed by atoms with Crippen LogP contribution < -0.4 is 5.73 Å². The molecule has 1 aromatic heterocycles. The van der Waals surface area contributed by atoms with Crippen LogP contribution in [0.2, 0.25) is 0 Å². The molecule has 1 aliphatic rings. The Kier molecular flexibility index (Phi) is 5.95. The molecule has 1 aliphatic heterocycles. The number of aromatic nitrogens is 3. The average molecular weight is 339 g/mol. The van der Waals surface area contributed by atoms with Crippen LogP contribution in [0.15, 0.2) is 42.6 Å². The fraction of sp³-hybridized carbons (Fsp3) is 0.421. The number of carbonyl (C=O) groups excluding carboxylic acids is 1. The van der Waals surface area contributed by atoms with Crippen molar-refractivity contribution in [2.75, 3.05) is 13.1 Å². The second-order valence-electron chi connectivity index (χ2n) is 6.50. The van der Waals surface area contributed by atoms with E-state index in [9.17, 15) is 4.79 Å². The Balaban J connectivity index is 1.50. The topological polar surface area (TPSA) is 77.0 Å². The molecule has 132 valence electrons. The van der Waals surface area contributed by atoms with E-state index in [1.807, 2.05) is 58.3 Å². The van der Waals surface area contributed by atoms with Crippen molar-refractivity contribution < 1.29 is 4.79 Å². The molecule has 1 atom stereocenters. The van der Waals surface area contributed by atoms with E-state index in [4.69, 9.17) is 5.73 Å². The molecular weight excluding hydrogens is 314 g/mol. The first-order valence-electron chi connectivity index (χ1n) is 8.83. The van der Waals surface area contributed by atoms with Crippen LogP contribution in [0.1, 0.15) is 30.5 Å². The van der Waals surface area contributed by atoms with Crippen LogP contribution in [-0.4, -0.2) is 38.9 Å². The highest BCUT2D eigenvalue weighted by atomic mass is 16.2. The van der Waals surface area contributed by atoms with E-state index in [1.54, 1.807) is 0 Å². The number of benzene rings is 1. The Hall–Kier alpha value is -2.47. The van der Waals surface area contributed by atoms with E-state index in [0.717, 1.165) is 43.7 Å². The quantitative estimate of drug-likeness (QED) is 0.874. The monoisotopic (exact) mass is 339 g/mol. The van der Waals surface area contributed by atoms with Crippen LogP contribution in [0.3, 0.4) is 0 Å². The molecule has 0 unspecified atom stereocenters. The van der Waals surface area contributed by atoms with Gasteiger partial charge >= 0.3 is 0 Å². The Morgan fingerprint density at radius 3 is 2.92 bits per heavy atom.